The molecule has 0 aliphatic carbocycles. The maximum atomic E-state index is 12.9. The normalized spacial score (nSPS) is 16.1. The second-order valence-corrected chi connectivity index (χ2v) is 9.91. The predicted molar refractivity (Wildman–Crippen MR) is 115 cm³/mol. The van der Waals surface area contributed by atoms with Crippen molar-refractivity contribution in [3.8, 4) is 0 Å². The highest BCUT2D eigenvalue weighted by Gasteiger charge is 2.31. The molecular weight excluding hydrogens is 386 g/mol. The fourth-order valence-electron chi connectivity index (χ4n) is 3.55. The minimum Gasteiger partial charge on any atom is -0.325 e. The largest absolute Gasteiger partial charge is 0.325 e. The third kappa shape index (κ3) is 5.44. The van der Waals surface area contributed by atoms with E-state index in [2.05, 4.69) is 19.2 Å². The molecule has 6 nitrogen and oxygen atoms in total. The number of rotatable bonds is 6. The average Bonchev–Trinajstić information content (AvgIpc) is 2.68. The molecule has 0 bridgehead atoms. The van der Waals surface area contributed by atoms with Gasteiger partial charge in [-0.15, -0.1) is 0 Å². The van der Waals surface area contributed by atoms with Crippen LogP contribution in [0.4, 0.5) is 5.69 Å². The maximum Gasteiger partial charge on any atom is 0.279 e. The zero-order chi connectivity index (χ0) is 21.0. The molecule has 2 aromatic carbocycles. The average molecular weight is 417 g/mol. The minimum atomic E-state index is -3.49. The maximum absolute atomic E-state index is 12.9. The number of piperazine rings is 1. The quantitative estimate of drug-likeness (QED) is 0.752. The number of hydrogen-bond donors (Lipinski definition) is 2. The number of sulfonamides is 1. The molecule has 0 saturated carbocycles. The van der Waals surface area contributed by atoms with E-state index in [1.165, 1.54) is 4.31 Å². The SMILES string of the molecule is Cc1cccc(NC(=O)C[NH+]2CCN(S(=O)(=O)c3ccc(C(C)C)cc3)CC2)c1. The summed E-state index contributed by atoms with van der Waals surface area (Å²) in [6.45, 7) is 8.56. The Labute approximate surface area is 173 Å². The van der Waals surface area contributed by atoms with E-state index in [-0.39, 0.29) is 5.91 Å². The first-order chi connectivity index (χ1) is 13.8. The second kappa shape index (κ2) is 9.07. The van der Waals surface area contributed by atoms with Crippen LogP contribution in [0.5, 0.6) is 0 Å². The molecule has 1 saturated heterocycles. The van der Waals surface area contributed by atoms with Crippen molar-refractivity contribution in [1.82, 2.24) is 4.31 Å². The fraction of sp³-hybridized carbons (Fsp3) is 0.409. The molecule has 2 N–H and O–H groups in total. The summed E-state index contributed by atoms with van der Waals surface area (Å²) >= 11 is 0. The van der Waals surface area contributed by atoms with Crippen molar-refractivity contribution in [3.05, 3.63) is 59.7 Å². The highest BCUT2D eigenvalue weighted by Crippen LogP contribution is 2.20. The lowest BCUT2D eigenvalue weighted by Gasteiger charge is -2.31. The van der Waals surface area contributed by atoms with Crippen molar-refractivity contribution in [3.63, 3.8) is 0 Å². The van der Waals surface area contributed by atoms with Crippen LogP contribution in [-0.2, 0) is 14.8 Å². The molecule has 0 unspecified atom stereocenters. The summed E-state index contributed by atoms with van der Waals surface area (Å²) in [4.78, 5) is 13.7. The summed E-state index contributed by atoms with van der Waals surface area (Å²) in [6, 6.07) is 14.9. The van der Waals surface area contributed by atoms with Crippen LogP contribution >= 0.6 is 0 Å². The van der Waals surface area contributed by atoms with Crippen LogP contribution in [-0.4, -0.2) is 51.4 Å². The molecule has 0 aromatic heterocycles. The smallest absolute Gasteiger partial charge is 0.279 e. The lowest BCUT2D eigenvalue weighted by molar-refractivity contribution is -0.895. The van der Waals surface area contributed by atoms with E-state index in [0.717, 1.165) is 21.7 Å². The van der Waals surface area contributed by atoms with Crippen LogP contribution in [0.15, 0.2) is 53.4 Å². The van der Waals surface area contributed by atoms with Crippen molar-refractivity contribution in [2.24, 2.45) is 0 Å². The molecule has 0 radical (unpaired) electrons. The highest BCUT2D eigenvalue weighted by molar-refractivity contribution is 7.89. The van der Waals surface area contributed by atoms with Crippen molar-refractivity contribution >= 4 is 21.6 Å². The van der Waals surface area contributed by atoms with Gasteiger partial charge in [0.25, 0.3) is 5.91 Å². The zero-order valence-corrected chi connectivity index (χ0v) is 18.1. The summed E-state index contributed by atoms with van der Waals surface area (Å²) in [6.07, 6.45) is 0. The number of amides is 1. The molecule has 1 fully saturated rings. The van der Waals surface area contributed by atoms with Crippen LogP contribution in [0.1, 0.15) is 30.9 Å². The number of hydrogen-bond acceptors (Lipinski definition) is 3. The van der Waals surface area contributed by atoms with Gasteiger partial charge in [0.1, 0.15) is 0 Å². The van der Waals surface area contributed by atoms with Gasteiger partial charge in [0.15, 0.2) is 6.54 Å². The molecule has 1 heterocycles. The van der Waals surface area contributed by atoms with Crippen molar-refractivity contribution < 1.29 is 18.1 Å². The van der Waals surface area contributed by atoms with Gasteiger partial charge in [-0.1, -0.05) is 38.1 Å². The molecule has 0 atom stereocenters. The molecule has 1 aliphatic rings. The Balaban J connectivity index is 1.54. The first kappa shape index (κ1) is 21.5. The topological polar surface area (TPSA) is 70.9 Å². The number of quaternary nitrogens is 1. The summed E-state index contributed by atoms with van der Waals surface area (Å²) in [5.74, 6) is 0.316. The Kier molecular flexibility index (Phi) is 6.72. The van der Waals surface area contributed by atoms with Crippen molar-refractivity contribution in [1.29, 1.82) is 0 Å². The van der Waals surface area contributed by atoms with E-state index in [1.807, 2.05) is 43.3 Å². The molecule has 1 aliphatic heterocycles. The lowest BCUT2D eigenvalue weighted by Crippen LogP contribution is -3.15. The van der Waals surface area contributed by atoms with E-state index < -0.39 is 10.0 Å². The predicted octanol–water partition coefficient (Wildman–Crippen LogP) is 1.65. The Hall–Kier alpha value is -2.22. The molecule has 3 rings (SSSR count). The van der Waals surface area contributed by atoms with Crippen LogP contribution in [0.25, 0.3) is 0 Å². The van der Waals surface area contributed by atoms with E-state index in [9.17, 15) is 13.2 Å². The molecule has 1 amide bonds. The number of anilines is 1. The number of aryl methyl sites for hydroxylation is 1. The summed E-state index contributed by atoms with van der Waals surface area (Å²) in [5, 5.41) is 2.92. The third-order valence-corrected chi connectivity index (χ3v) is 7.24. The first-order valence-corrected chi connectivity index (χ1v) is 11.5. The van der Waals surface area contributed by atoms with E-state index in [0.29, 0.717) is 43.5 Å². The number of nitrogens with one attached hydrogen (secondary N) is 2. The monoisotopic (exact) mass is 416 g/mol. The van der Waals surface area contributed by atoms with Gasteiger partial charge >= 0.3 is 0 Å². The van der Waals surface area contributed by atoms with Gasteiger partial charge in [-0.05, 0) is 48.2 Å². The van der Waals surface area contributed by atoms with Gasteiger partial charge in [-0.25, -0.2) is 8.42 Å². The van der Waals surface area contributed by atoms with E-state index >= 15 is 0 Å². The number of nitrogens with zero attached hydrogens (tertiary/aromatic N) is 1. The Bertz CT molecular complexity index is 948. The summed E-state index contributed by atoms with van der Waals surface area (Å²) in [7, 11) is -3.49. The minimum absolute atomic E-state index is 0.0498. The standard InChI is InChI=1S/C22H29N3O3S/c1-17(2)19-7-9-21(10-8-19)29(27,28)25-13-11-24(12-14-25)16-22(26)23-20-6-4-5-18(3)15-20/h4-10,15,17H,11-14,16H2,1-3H3,(H,23,26)/p+1. The lowest BCUT2D eigenvalue weighted by atomic mass is 10.0. The van der Waals surface area contributed by atoms with Crippen LogP contribution in [0.3, 0.4) is 0 Å². The second-order valence-electron chi connectivity index (χ2n) is 7.97. The molecule has 7 heteroatoms. The van der Waals surface area contributed by atoms with Crippen molar-refractivity contribution in [2.75, 3.05) is 38.0 Å². The Morgan fingerprint density at radius 2 is 1.76 bits per heavy atom. The summed E-state index contributed by atoms with van der Waals surface area (Å²) < 4.78 is 27.3. The molecular formula is C22H30N3O3S+. The highest BCUT2D eigenvalue weighted by atomic mass is 32.2. The van der Waals surface area contributed by atoms with Crippen LogP contribution in [0, 0.1) is 6.92 Å². The molecule has 0 spiro atoms. The van der Waals surface area contributed by atoms with E-state index in [4.69, 9.17) is 0 Å². The first-order valence-electron chi connectivity index (χ1n) is 10.1. The number of carbonyl (C=O) groups excluding carboxylic acids is 1. The zero-order valence-electron chi connectivity index (χ0n) is 17.3. The van der Waals surface area contributed by atoms with Gasteiger partial charge in [-0.2, -0.15) is 4.31 Å². The molecule has 29 heavy (non-hydrogen) atoms. The third-order valence-electron chi connectivity index (χ3n) is 5.33. The number of carbonyl (C=O) groups is 1. The van der Waals surface area contributed by atoms with Gasteiger partial charge in [0.05, 0.1) is 31.1 Å². The Morgan fingerprint density at radius 1 is 1.10 bits per heavy atom. The van der Waals surface area contributed by atoms with Gasteiger partial charge in [-0.3, -0.25) is 4.79 Å². The Morgan fingerprint density at radius 3 is 2.34 bits per heavy atom. The van der Waals surface area contributed by atoms with E-state index in [1.54, 1.807) is 12.1 Å². The number of benzene rings is 2. The van der Waals surface area contributed by atoms with Gasteiger partial charge < -0.3 is 10.2 Å². The van der Waals surface area contributed by atoms with Crippen LogP contribution in [0.2, 0.25) is 0 Å². The summed E-state index contributed by atoms with van der Waals surface area (Å²) in [5.41, 5.74) is 3.01. The van der Waals surface area contributed by atoms with Gasteiger partial charge in [0, 0.05) is 5.69 Å². The molecule has 2 aromatic rings. The van der Waals surface area contributed by atoms with Crippen LogP contribution < -0.4 is 10.2 Å². The van der Waals surface area contributed by atoms with Crippen molar-refractivity contribution in [2.45, 2.75) is 31.6 Å². The van der Waals surface area contributed by atoms with Gasteiger partial charge in [0.2, 0.25) is 10.0 Å². The fourth-order valence-corrected chi connectivity index (χ4v) is 4.99. The molecule has 156 valence electrons.